The first-order valence-electron chi connectivity index (χ1n) is 21.9. The number of benzene rings is 10. The van der Waals surface area contributed by atoms with Gasteiger partial charge in [0.1, 0.15) is 0 Å². The molecule has 2 nitrogen and oxygen atoms in total. The van der Waals surface area contributed by atoms with Crippen molar-refractivity contribution in [3.05, 3.63) is 241 Å². The van der Waals surface area contributed by atoms with Gasteiger partial charge in [-0.3, -0.25) is 0 Å². The van der Waals surface area contributed by atoms with Gasteiger partial charge in [0.25, 0.3) is 0 Å². The lowest BCUT2D eigenvalue weighted by atomic mass is 9.80. The lowest BCUT2D eigenvalue weighted by molar-refractivity contribution is 0.664. The monoisotopic (exact) mass is 804 g/mol. The molecule has 0 radical (unpaired) electrons. The van der Waals surface area contributed by atoms with Crippen molar-refractivity contribution in [2.75, 3.05) is 4.90 Å². The molecule has 298 valence electrons. The maximum absolute atomic E-state index is 2.48. The maximum Gasteiger partial charge on any atom is 0.0588 e. The van der Waals surface area contributed by atoms with Crippen molar-refractivity contribution in [1.82, 2.24) is 4.57 Å². The van der Waals surface area contributed by atoms with Gasteiger partial charge in [-0.25, -0.2) is 0 Å². The van der Waals surface area contributed by atoms with Crippen LogP contribution in [0.2, 0.25) is 0 Å². The summed E-state index contributed by atoms with van der Waals surface area (Å²) >= 11 is 0. The summed E-state index contributed by atoms with van der Waals surface area (Å²) in [6.07, 6.45) is 4.42. The van der Waals surface area contributed by atoms with Crippen LogP contribution in [0.15, 0.2) is 218 Å². The fraction of sp³-hybridized carbons (Fsp3) is 0.0492. The van der Waals surface area contributed by atoms with Crippen LogP contribution >= 0.6 is 0 Å². The summed E-state index contributed by atoms with van der Waals surface area (Å²) in [7, 11) is 0. The zero-order valence-corrected chi connectivity index (χ0v) is 35.3. The summed E-state index contributed by atoms with van der Waals surface area (Å²) in [5.74, 6) is 0. The first-order valence-corrected chi connectivity index (χ1v) is 21.9. The Labute approximate surface area is 368 Å². The van der Waals surface area contributed by atoms with Gasteiger partial charge in [-0.1, -0.05) is 172 Å². The van der Waals surface area contributed by atoms with Crippen LogP contribution in [-0.4, -0.2) is 4.57 Å². The minimum Gasteiger partial charge on any atom is -0.311 e. The van der Waals surface area contributed by atoms with Gasteiger partial charge < -0.3 is 9.47 Å². The van der Waals surface area contributed by atoms with Crippen LogP contribution in [0.25, 0.3) is 83.4 Å². The van der Waals surface area contributed by atoms with Crippen LogP contribution < -0.4 is 4.90 Å². The number of nitrogens with zero attached hydrogens (tertiary/aromatic N) is 2. The molecule has 11 aromatic rings. The van der Waals surface area contributed by atoms with Crippen molar-refractivity contribution in [2.24, 2.45) is 0 Å². The molecule has 1 aliphatic rings. The molecule has 0 saturated heterocycles. The molecule has 0 fully saturated rings. The van der Waals surface area contributed by atoms with E-state index in [1.165, 1.54) is 88.0 Å². The van der Waals surface area contributed by atoms with Crippen LogP contribution in [0.3, 0.4) is 0 Å². The molecule has 63 heavy (non-hydrogen) atoms. The average molecular weight is 805 g/mol. The number of aromatic nitrogens is 1. The SMILES string of the molecule is CC1(C)c2cc(-c3ccc4c(ccc5cc(/C=C/c6ccc(N(c7ccccc7)c7ccccc7)cc6)ccc54)c3)ccc2-c2ccc3c4ccccc4n(-c4ccccc4)c3c21. The van der Waals surface area contributed by atoms with Crippen molar-refractivity contribution in [2.45, 2.75) is 19.3 Å². The van der Waals surface area contributed by atoms with Crippen LogP contribution in [0.4, 0.5) is 17.1 Å². The topological polar surface area (TPSA) is 8.17 Å². The van der Waals surface area contributed by atoms with Gasteiger partial charge in [-0.15, -0.1) is 0 Å². The van der Waals surface area contributed by atoms with Gasteiger partial charge in [0, 0.05) is 38.9 Å². The molecule has 0 aliphatic heterocycles. The van der Waals surface area contributed by atoms with E-state index >= 15 is 0 Å². The van der Waals surface area contributed by atoms with E-state index in [0.717, 1.165) is 22.6 Å². The van der Waals surface area contributed by atoms with Crippen LogP contribution in [-0.2, 0) is 5.41 Å². The second-order valence-electron chi connectivity index (χ2n) is 17.4. The van der Waals surface area contributed by atoms with Gasteiger partial charge in [0.15, 0.2) is 0 Å². The lowest BCUT2D eigenvalue weighted by Gasteiger charge is -2.25. The highest BCUT2D eigenvalue weighted by Gasteiger charge is 2.39. The van der Waals surface area contributed by atoms with Crippen molar-refractivity contribution >= 4 is 72.6 Å². The van der Waals surface area contributed by atoms with Crippen molar-refractivity contribution < 1.29 is 0 Å². The Kier molecular flexibility index (Phi) is 8.55. The molecule has 2 heteroatoms. The third kappa shape index (κ3) is 6.09. The first kappa shape index (κ1) is 36.9. The van der Waals surface area contributed by atoms with E-state index in [4.69, 9.17) is 0 Å². The summed E-state index contributed by atoms with van der Waals surface area (Å²) in [5, 5.41) is 7.63. The molecule has 1 aliphatic carbocycles. The Balaban J connectivity index is 0.841. The van der Waals surface area contributed by atoms with Crippen LogP contribution in [0.1, 0.15) is 36.1 Å². The number of hydrogen-bond acceptors (Lipinski definition) is 1. The second-order valence-corrected chi connectivity index (χ2v) is 17.4. The molecule has 0 amide bonds. The average Bonchev–Trinajstić information content (AvgIpc) is 3.79. The zero-order valence-electron chi connectivity index (χ0n) is 35.3. The minimum absolute atomic E-state index is 0.199. The molecule has 0 spiro atoms. The highest BCUT2D eigenvalue weighted by Crippen LogP contribution is 2.54. The molecule has 12 rings (SSSR count). The third-order valence-corrected chi connectivity index (χ3v) is 13.3. The molecule has 0 atom stereocenters. The van der Waals surface area contributed by atoms with E-state index in [1.807, 2.05) is 0 Å². The van der Waals surface area contributed by atoms with E-state index in [9.17, 15) is 0 Å². The Morgan fingerprint density at radius 3 is 1.68 bits per heavy atom. The molecular weight excluding hydrogens is 761 g/mol. The van der Waals surface area contributed by atoms with Gasteiger partial charge in [0.2, 0.25) is 0 Å². The van der Waals surface area contributed by atoms with E-state index in [-0.39, 0.29) is 5.41 Å². The van der Waals surface area contributed by atoms with E-state index in [0.29, 0.717) is 0 Å². The molecule has 0 unspecified atom stereocenters. The largest absolute Gasteiger partial charge is 0.311 e. The standard InChI is InChI=1S/C61H44N2/c1-61(2)57-40-44(30-35-53(57)55-36-37-56-54-20-12-13-21-58(54)63(60(56)59(55)61)49-18-10-5-11-19-49)43-29-34-52-46(39-43)28-27-45-38-42(26-33-51(45)52)23-22-41-24-31-50(32-25-41)62(47-14-6-3-7-15-47)48-16-8-4-9-17-48/h3-40H,1-2H3/b23-22+. The smallest absolute Gasteiger partial charge is 0.0588 e. The predicted octanol–water partition coefficient (Wildman–Crippen LogP) is 16.7. The summed E-state index contributed by atoms with van der Waals surface area (Å²) < 4.78 is 2.48. The van der Waals surface area contributed by atoms with E-state index < -0.39 is 0 Å². The van der Waals surface area contributed by atoms with Crippen molar-refractivity contribution in [1.29, 1.82) is 0 Å². The van der Waals surface area contributed by atoms with Crippen molar-refractivity contribution in [3.8, 4) is 27.9 Å². The van der Waals surface area contributed by atoms with E-state index in [2.05, 4.69) is 254 Å². The molecule has 0 bridgehead atoms. The summed E-state index contributed by atoms with van der Waals surface area (Å²) in [5.41, 5.74) is 17.2. The highest BCUT2D eigenvalue weighted by atomic mass is 15.1. The minimum atomic E-state index is -0.199. The molecule has 1 aromatic heterocycles. The van der Waals surface area contributed by atoms with Crippen molar-refractivity contribution in [3.63, 3.8) is 0 Å². The first-order chi connectivity index (χ1) is 31.0. The number of rotatable bonds is 7. The second kappa shape index (κ2) is 14.6. The predicted molar refractivity (Wildman–Crippen MR) is 269 cm³/mol. The maximum atomic E-state index is 2.48. The Bertz CT molecular complexity index is 3520. The normalized spacial score (nSPS) is 13.0. The van der Waals surface area contributed by atoms with Gasteiger partial charge in [-0.05, 0) is 139 Å². The zero-order chi connectivity index (χ0) is 42.1. The molecule has 0 N–H and O–H groups in total. The third-order valence-electron chi connectivity index (χ3n) is 13.3. The van der Waals surface area contributed by atoms with Crippen LogP contribution in [0.5, 0.6) is 0 Å². The Hall–Kier alpha value is -7.94. The number of para-hydroxylation sites is 4. The fourth-order valence-electron chi connectivity index (χ4n) is 10.3. The molecule has 1 heterocycles. The summed E-state index contributed by atoms with van der Waals surface area (Å²) in [4.78, 5) is 2.29. The van der Waals surface area contributed by atoms with Gasteiger partial charge in [0.05, 0.1) is 11.0 Å². The molecule has 10 aromatic carbocycles. The van der Waals surface area contributed by atoms with Crippen LogP contribution in [0, 0.1) is 0 Å². The van der Waals surface area contributed by atoms with Gasteiger partial charge >= 0.3 is 0 Å². The summed E-state index contributed by atoms with van der Waals surface area (Å²) in [6, 6.07) is 79.7. The fourth-order valence-corrected chi connectivity index (χ4v) is 10.3. The molecular formula is C61H44N2. The number of anilines is 3. The number of fused-ring (bicyclic) bond motifs is 10. The Morgan fingerprint density at radius 2 is 0.952 bits per heavy atom. The van der Waals surface area contributed by atoms with Gasteiger partial charge in [-0.2, -0.15) is 0 Å². The number of hydrogen-bond donors (Lipinski definition) is 0. The molecule has 0 saturated carbocycles. The highest BCUT2D eigenvalue weighted by molar-refractivity contribution is 6.13. The quantitative estimate of drug-likeness (QED) is 0.115. The Morgan fingerprint density at radius 1 is 0.413 bits per heavy atom. The lowest BCUT2D eigenvalue weighted by Crippen LogP contribution is -2.16. The van der Waals surface area contributed by atoms with E-state index in [1.54, 1.807) is 0 Å². The summed E-state index contributed by atoms with van der Waals surface area (Å²) in [6.45, 7) is 4.82.